The van der Waals surface area contributed by atoms with Crippen LogP contribution in [0.1, 0.15) is 36.5 Å². The van der Waals surface area contributed by atoms with Gasteiger partial charge in [0.25, 0.3) is 5.91 Å². The Morgan fingerprint density at radius 1 is 0.933 bits per heavy atom. The predicted octanol–water partition coefficient (Wildman–Crippen LogP) is 4.91. The van der Waals surface area contributed by atoms with E-state index in [4.69, 9.17) is 0 Å². The second-order valence-corrected chi connectivity index (χ2v) is 8.91. The van der Waals surface area contributed by atoms with E-state index >= 15 is 0 Å². The van der Waals surface area contributed by atoms with E-state index in [1.165, 1.54) is 12.1 Å². The monoisotopic (exact) mass is 402 g/mol. The first-order valence-corrected chi connectivity index (χ1v) is 10.3. The Morgan fingerprint density at radius 3 is 2.30 bits per heavy atom. The minimum Gasteiger partial charge on any atom is -0.347 e. The molecule has 5 heteroatoms. The Balaban J connectivity index is 1.20. The zero-order chi connectivity index (χ0) is 20.9. The van der Waals surface area contributed by atoms with Gasteiger partial charge in [-0.1, -0.05) is 37.3 Å². The largest absolute Gasteiger partial charge is 0.347 e. The van der Waals surface area contributed by atoms with Gasteiger partial charge in [-0.15, -0.1) is 0 Å². The number of amides is 2. The number of hydrogen-bond acceptors (Lipinski definition) is 2. The summed E-state index contributed by atoms with van der Waals surface area (Å²) >= 11 is 0. The van der Waals surface area contributed by atoms with Crippen LogP contribution < -0.4 is 10.6 Å². The molecule has 3 saturated carbocycles. The molecule has 2 amide bonds. The van der Waals surface area contributed by atoms with Crippen molar-refractivity contribution in [2.75, 3.05) is 5.32 Å². The summed E-state index contributed by atoms with van der Waals surface area (Å²) in [5.74, 6) is -0.611. The van der Waals surface area contributed by atoms with Crippen molar-refractivity contribution in [2.24, 2.45) is 11.3 Å². The molecule has 2 N–H and O–H groups in total. The Morgan fingerprint density at radius 2 is 1.60 bits per heavy atom. The number of halogens is 1. The Labute approximate surface area is 174 Å². The maximum atomic E-state index is 13.0. The summed E-state index contributed by atoms with van der Waals surface area (Å²) in [5.41, 5.74) is 1.02. The molecule has 1 atom stereocenters. The Hall–Kier alpha value is -3.21. The number of benzene rings is 3. The first-order valence-electron chi connectivity index (χ1n) is 10.3. The number of carbonyl (C=O) groups excluding carboxylic acids is 2. The molecule has 0 spiro atoms. The van der Waals surface area contributed by atoms with Crippen LogP contribution in [0.15, 0.2) is 66.7 Å². The fraction of sp³-hybridized carbons (Fsp3) is 0.280. The number of carbonyl (C=O) groups is 2. The van der Waals surface area contributed by atoms with Gasteiger partial charge in [0.1, 0.15) is 5.82 Å². The van der Waals surface area contributed by atoms with E-state index in [0.29, 0.717) is 11.3 Å². The summed E-state index contributed by atoms with van der Waals surface area (Å²) < 4.78 is 13.0. The second-order valence-electron chi connectivity index (χ2n) is 8.91. The molecule has 1 unspecified atom stereocenters. The van der Waals surface area contributed by atoms with Crippen molar-refractivity contribution in [3.8, 4) is 0 Å². The minimum atomic E-state index is -0.329. The van der Waals surface area contributed by atoms with Gasteiger partial charge in [-0.3, -0.25) is 9.59 Å². The lowest BCUT2D eigenvalue weighted by atomic mass is 9.36. The van der Waals surface area contributed by atoms with E-state index in [2.05, 4.69) is 10.6 Å². The molecule has 3 fully saturated rings. The third-order valence-corrected chi connectivity index (χ3v) is 6.89. The average molecular weight is 402 g/mol. The Kier molecular flexibility index (Phi) is 4.17. The molecule has 3 aromatic carbocycles. The molecule has 0 aromatic heterocycles. The third-order valence-electron chi connectivity index (χ3n) is 6.89. The zero-order valence-electron chi connectivity index (χ0n) is 16.7. The quantitative estimate of drug-likeness (QED) is 0.637. The molecule has 0 saturated heterocycles. The van der Waals surface area contributed by atoms with Gasteiger partial charge in [0.15, 0.2) is 0 Å². The normalized spacial score (nSPS) is 25.0. The SMILES string of the molecule is CC(C(=O)Nc1ccc(F)cc1)C12CC(NC(=O)c3ccc4ccccc4c3)(C1)C2. The van der Waals surface area contributed by atoms with E-state index in [1.54, 1.807) is 12.1 Å². The molecule has 30 heavy (non-hydrogen) atoms. The summed E-state index contributed by atoms with van der Waals surface area (Å²) in [6, 6.07) is 19.5. The highest BCUT2D eigenvalue weighted by atomic mass is 19.1. The van der Waals surface area contributed by atoms with Gasteiger partial charge in [-0.25, -0.2) is 4.39 Å². The molecule has 0 aliphatic heterocycles. The lowest BCUT2D eigenvalue weighted by Crippen LogP contribution is -2.77. The van der Waals surface area contributed by atoms with Crippen molar-refractivity contribution < 1.29 is 14.0 Å². The summed E-state index contributed by atoms with van der Waals surface area (Å²) in [6.07, 6.45) is 2.45. The molecule has 3 aliphatic rings. The van der Waals surface area contributed by atoms with Crippen LogP contribution in [0.5, 0.6) is 0 Å². The van der Waals surface area contributed by atoms with Gasteiger partial charge >= 0.3 is 0 Å². The van der Waals surface area contributed by atoms with Gasteiger partial charge in [-0.2, -0.15) is 0 Å². The molecular weight excluding hydrogens is 379 g/mol. The highest BCUT2D eigenvalue weighted by Crippen LogP contribution is 2.70. The number of fused-ring (bicyclic) bond motifs is 1. The molecule has 3 aliphatic carbocycles. The summed E-state index contributed by atoms with van der Waals surface area (Å²) in [5, 5.41) is 8.23. The van der Waals surface area contributed by atoms with Crippen molar-refractivity contribution >= 4 is 28.3 Å². The molecule has 2 bridgehead atoms. The number of nitrogens with one attached hydrogen (secondary N) is 2. The van der Waals surface area contributed by atoms with Crippen LogP contribution in [-0.2, 0) is 4.79 Å². The van der Waals surface area contributed by atoms with Gasteiger partial charge in [0, 0.05) is 22.7 Å². The summed E-state index contributed by atoms with van der Waals surface area (Å²) in [6.45, 7) is 1.94. The summed E-state index contributed by atoms with van der Waals surface area (Å²) in [7, 11) is 0. The van der Waals surface area contributed by atoms with Crippen molar-refractivity contribution in [2.45, 2.75) is 31.7 Å². The Bertz CT molecular complexity index is 1140. The predicted molar refractivity (Wildman–Crippen MR) is 115 cm³/mol. The molecule has 152 valence electrons. The molecule has 0 heterocycles. The van der Waals surface area contributed by atoms with E-state index in [1.807, 2.05) is 49.4 Å². The fourth-order valence-electron chi connectivity index (χ4n) is 5.16. The highest BCUT2D eigenvalue weighted by molar-refractivity contribution is 5.99. The third kappa shape index (κ3) is 3.05. The van der Waals surface area contributed by atoms with E-state index < -0.39 is 0 Å². The number of anilines is 1. The molecular formula is C25H23FN2O2. The first kappa shape index (κ1) is 18.8. The first-order chi connectivity index (χ1) is 14.4. The van der Waals surface area contributed by atoms with E-state index in [0.717, 1.165) is 30.0 Å². The average Bonchev–Trinajstić information content (AvgIpc) is 2.70. The standard InChI is InChI=1S/C25H23FN2O2/c1-16(22(29)27-21-10-8-20(26)9-11-21)24-13-25(14-24,15-24)28-23(30)19-7-6-17-4-2-3-5-18(17)12-19/h2-12,16H,13-15H2,1H3,(H,27,29)(H,28,30). The van der Waals surface area contributed by atoms with Crippen molar-refractivity contribution in [1.29, 1.82) is 0 Å². The smallest absolute Gasteiger partial charge is 0.251 e. The topological polar surface area (TPSA) is 58.2 Å². The van der Waals surface area contributed by atoms with Crippen LogP contribution >= 0.6 is 0 Å². The van der Waals surface area contributed by atoms with E-state index in [-0.39, 0.29) is 34.5 Å². The van der Waals surface area contributed by atoms with Crippen molar-refractivity contribution in [3.63, 3.8) is 0 Å². The number of rotatable bonds is 5. The highest BCUT2D eigenvalue weighted by Gasteiger charge is 2.71. The zero-order valence-corrected chi connectivity index (χ0v) is 16.7. The molecule has 4 nitrogen and oxygen atoms in total. The fourth-order valence-corrected chi connectivity index (χ4v) is 5.16. The number of hydrogen-bond donors (Lipinski definition) is 2. The van der Waals surface area contributed by atoms with Gasteiger partial charge in [0.05, 0.1) is 0 Å². The lowest BCUT2D eigenvalue weighted by molar-refractivity contribution is -0.184. The maximum Gasteiger partial charge on any atom is 0.251 e. The van der Waals surface area contributed by atoms with Crippen LogP contribution in [0, 0.1) is 17.2 Å². The van der Waals surface area contributed by atoms with Crippen molar-refractivity contribution in [3.05, 3.63) is 78.1 Å². The van der Waals surface area contributed by atoms with Crippen LogP contribution in [0.3, 0.4) is 0 Å². The lowest BCUT2D eigenvalue weighted by Gasteiger charge is -2.72. The minimum absolute atomic E-state index is 0.0548. The maximum absolute atomic E-state index is 13.0. The second kappa shape index (κ2) is 6.66. The van der Waals surface area contributed by atoms with Crippen LogP contribution in [0.25, 0.3) is 10.8 Å². The van der Waals surface area contributed by atoms with Crippen molar-refractivity contribution in [1.82, 2.24) is 5.32 Å². The molecule has 3 aromatic rings. The molecule has 0 radical (unpaired) electrons. The van der Waals surface area contributed by atoms with Crippen LogP contribution in [0.2, 0.25) is 0 Å². The van der Waals surface area contributed by atoms with Crippen LogP contribution in [-0.4, -0.2) is 17.4 Å². The van der Waals surface area contributed by atoms with E-state index in [9.17, 15) is 14.0 Å². The summed E-state index contributed by atoms with van der Waals surface area (Å²) in [4.78, 5) is 25.4. The van der Waals surface area contributed by atoms with Gasteiger partial charge in [0.2, 0.25) is 5.91 Å². The van der Waals surface area contributed by atoms with Crippen LogP contribution in [0.4, 0.5) is 10.1 Å². The van der Waals surface area contributed by atoms with Gasteiger partial charge in [-0.05, 0) is 71.8 Å². The van der Waals surface area contributed by atoms with Gasteiger partial charge < -0.3 is 10.6 Å². The molecule has 6 rings (SSSR count).